The minimum atomic E-state index is -0.389. The molecular weight excluding hydrogens is 418 g/mol. The predicted octanol–water partition coefficient (Wildman–Crippen LogP) is 4.56. The van der Waals surface area contributed by atoms with Gasteiger partial charge in [-0.15, -0.1) is 0 Å². The lowest BCUT2D eigenvalue weighted by Crippen LogP contribution is -2.38. The second-order valence-corrected chi connectivity index (χ2v) is 7.47. The van der Waals surface area contributed by atoms with Crippen LogP contribution in [0.15, 0.2) is 72.8 Å². The number of carbonyl (C=O) groups is 2. The van der Waals surface area contributed by atoms with E-state index in [-0.39, 0.29) is 18.4 Å². The molecule has 3 aromatic rings. The summed E-state index contributed by atoms with van der Waals surface area (Å²) in [6.45, 7) is 2.63. The number of pyridine rings is 1. The Morgan fingerprint density at radius 1 is 0.909 bits per heavy atom. The number of aromatic nitrogens is 1. The number of amides is 2. The molecule has 0 radical (unpaired) electrons. The van der Waals surface area contributed by atoms with Crippen molar-refractivity contribution in [2.75, 3.05) is 25.1 Å². The van der Waals surface area contributed by atoms with Crippen LogP contribution in [0.4, 0.5) is 10.6 Å². The van der Waals surface area contributed by atoms with Gasteiger partial charge in [0.05, 0.1) is 18.7 Å². The molecule has 0 unspecified atom stereocenters. The number of nitrogens with one attached hydrogen (secondary N) is 1. The quantitative estimate of drug-likeness (QED) is 0.364. The van der Waals surface area contributed by atoms with Crippen LogP contribution in [0.3, 0.4) is 0 Å². The summed E-state index contributed by atoms with van der Waals surface area (Å²) in [5.74, 6) is 0.174. The van der Waals surface area contributed by atoms with E-state index < -0.39 is 0 Å². The third-order valence-corrected chi connectivity index (χ3v) is 5.05. The van der Waals surface area contributed by atoms with E-state index in [0.29, 0.717) is 25.4 Å². The van der Waals surface area contributed by atoms with Gasteiger partial charge in [0.2, 0.25) is 0 Å². The van der Waals surface area contributed by atoms with Crippen molar-refractivity contribution in [3.05, 3.63) is 83.9 Å². The second kappa shape index (κ2) is 12.4. The third-order valence-electron chi connectivity index (χ3n) is 5.05. The number of nitrogens with zero attached hydrogens (tertiary/aromatic N) is 2. The van der Waals surface area contributed by atoms with Gasteiger partial charge in [-0.2, -0.15) is 4.89 Å². The fourth-order valence-electron chi connectivity index (χ4n) is 3.21. The maximum Gasteiger partial charge on any atom is 0.342 e. The maximum absolute atomic E-state index is 12.5. The number of aryl methyl sites for hydroxylation is 1. The maximum atomic E-state index is 12.5. The van der Waals surface area contributed by atoms with E-state index in [2.05, 4.69) is 20.1 Å². The molecule has 3 rings (SSSR count). The Kier molecular flexibility index (Phi) is 8.97. The Labute approximate surface area is 194 Å². The van der Waals surface area contributed by atoms with Crippen LogP contribution in [0.25, 0.3) is 11.3 Å². The van der Waals surface area contributed by atoms with E-state index in [1.54, 1.807) is 20.0 Å². The molecule has 1 heterocycles. The van der Waals surface area contributed by atoms with Crippen LogP contribution in [0.5, 0.6) is 0 Å². The number of hydrogen-bond acceptors (Lipinski definition) is 5. The van der Waals surface area contributed by atoms with E-state index in [4.69, 9.17) is 0 Å². The van der Waals surface area contributed by atoms with Crippen molar-refractivity contribution in [2.24, 2.45) is 0 Å². The normalized spacial score (nSPS) is 10.5. The number of benzene rings is 2. The first-order valence-electron chi connectivity index (χ1n) is 11.0. The van der Waals surface area contributed by atoms with Crippen molar-refractivity contribution < 1.29 is 19.4 Å². The molecule has 0 aliphatic carbocycles. The molecule has 0 spiro atoms. The van der Waals surface area contributed by atoms with E-state index in [9.17, 15) is 9.59 Å². The molecule has 0 bridgehead atoms. The average molecular weight is 448 g/mol. The molecule has 1 N–H and O–H groups in total. The fourth-order valence-corrected chi connectivity index (χ4v) is 3.21. The van der Waals surface area contributed by atoms with E-state index >= 15 is 0 Å². The van der Waals surface area contributed by atoms with Crippen LogP contribution in [0, 0.1) is 0 Å². The summed E-state index contributed by atoms with van der Waals surface area (Å²) in [5, 5.41) is 2.93. The number of anilines is 1. The van der Waals surface area contributed by atoms with Gasteiger partial charge in [0.25, 0.3) is 0 Å². The Bertz CT molecular complexity index is 1040. The number of carbonyl (C=O) groups excluding carboxylic acids is 2. The summed E-state index contributed by atoms with van der Waals surface area (Å²) in [6, 6.07) is 23.2. The first-order chi connectivity index (χ1) is 16.1. The average Bonchev–Trinajstić information content (AvgIpc) is 2.86. The van der Waals surface area contributed by atoms with E-state index in [0.717, 1.165) is 23.2 Å². The van der Waals surface area contributed by atoms with Crippen LogP contribution in [0.2, 0.25) is 0 Å². The summed E-state index contributed by atoms with van der Waals surface area (Å²) < 4.78 is 0. The molecule has 2 amide bonds. The Morgan fingerprint density at radius 3 is 2.36 bits per heavy atom. The molecule has 7 nitrogen and oxygen atoms in total. The molecule has 2 aromatic carbocycles. The molecule has 0 saturated heterocycles. The van der Waals surface area contributed by atoms with Crippen molar-refractivity contribution in [1.29, 1.82) is 0 Å². The summed E-state index contributed by atoms with van der Waals surface area (Å²) in [6.07, 6.45) is 1.58. The highest BCUT2D eigenvalue weighted by Gasteiger charge is 2.13. The smallest absolute Gasteiger partial charge is 0.337 e. The van der Waals surface area contributed by atoms with E-state index in [1.165, 1.54) is 10.5 Å². The van der Waals surface area contributed by atoms with Gasteiger partial charge in [0, 0.05) is 19.2 Å². The molecule has 7 heteroatoms. The Balaban J connectivity index is 1.55. The SMILES string of the molecule is CCOOC(=O)CCc1ccc(-c2cccc(N(C)C(=O)NCCc3ccccc3)n2)cc1. The highest BCUT2D eigenvalue weighted by Crippen LogP contribution is 2.21. The number of rotatable bonds is 10. The highest BCUT2D eigenvalue weighted by molar-refractivity contribution is 5.90. The Morgan fingerprint density at radius 2 is 1.64 bits per heavy atom. The first-order valence-corrected chi connectivity index (χ1v) is 11.0. The highest BCUT2D eigenvalue weighted by atomic mass is 17.2. The molecule has 0 atom stereocenters. The molecule has 33 heavy (non-hydrogen) atoms. The number of hydrogen-bond donors (Lipinski definition) is 1. The summed E-state index contributed by atoms with van der Waals surface area (Å²) >= 11 is 0. The van der Waals surface area contributed by atoms with Crippen LogP contribution in [-0.4, -0.2) is 37.2 Å². The molecule has 0 aliphatic heterocycles. The zero-order chi connectivity index (χ0) is 23.5. The van der Waals surface area contributed by atoms with Crippen LogP contribution < -0.4 is 10.2 Å². The lowest BCUT2D eigenvalue weighted by Gasteiger charge is -2.18. The molecule has 0 fully saturated rings. The largest absolute Gasteiger partial charge is 0.342 e. The van der Waals surface area contributed by atoms with Gasteiger partial charge in [0.15, 0.2) is 0 Å². The van der Waals surface area contributed by atoms with Gasteiger partial charge in [-0.25, -0.2) is 14.6 Å². The predicted molar refractivity (Wildman–Crippen MR) is 128 cm³/mol. The zero-order valence-electron chi connectivity index (χ0n) is 19.0. The van der Waals surface area contributed by atoms with Gasteiger partial charge in [-0.1, -0.05) is 60.7 Å². The minimum absolute atomic E-state index is 0.204. The van der Waals surface area contributed by atoms with Crippen molar-refractivity contribution >= 4 is 17.8 Å². The zero-order valence-corrected chi connectivity index (χ0v) is 19.0. The number of urea groups is 1. The monoisotopic (exact) mass is 447 g/mol. The van der Waals surface area contributed by atoms with Crippen molar-refractivity contribution in [1.82, 2.24) is 10.3 Å². The van der Waals surface area contributed by atoms with Gasteiger partial charge in [-0.3, -0.25) is 9.79 Å². The first kappa shape index (κ1) is 23.9. The van der Waals surface area contributed by atoms with Gasteiger partial charge in [-0.05, 0) is 43.0 Å². The molecule has 1 aromatic heterocycles. The van der Waals surface area contributed by atoms with Gasteiger partial charge in [0.1, 0.15) is 5.82 Å². The van der Waals surface area contributed by atoms with Gasteiger partial charge >= 0.3 is 12.0 Å². The third kappa shape index (κ3) is 7.43. The molecule has 0 aliphatic rings. The lowest BCUT2D eigenvalue weighted by atomic mass is 10.1. The van der Waals surface area contributed by atoms with E-state index in [1.807, 2.05) is 66.7 Å². The van der Waals surface area contributed by atoms with Crippen LogP contribution >= 0.6 is 0 Å². The fraction of sp³-hybridized carbons (Fsp3) is 0.269. The standard InChI is InChI=1S/C26H29N3O4/c1-3-32-33-25(30)17-14-21-12-15-22(16-13-21)23-10-7-11-24(28-23)29(2)26(31)27-19-18-20-8-5-4-6-9-20/h4-13,15-16H,3,14,17-19H2,1-2H3,(H,27,31). The summed E-state index contributed by atoms with van der Waals surface area (Å²) in [7, 11) is 1.70. The van der Waals surface area contributed by atoms with Crippen LogP contribution in [-0.2, 0) is 27.4 Å². The molecule has 0 saturated carbocycles. The lowest BCUT2D eigenvalue weighted by molar-refractivity contribution is -0.269. The van der Waals surface area contributed by atoms with Gasteiger partial charge < -0.3 is 5.32 Å². The van der Waals surface area contributed by atoms with Crippen LogP contribution in [0.1, 0.15) is 24.5 Å². The minimum Gasteiger partial charge on any atom is -0.337 e. The van der Waals surface area contributed by atoms with Crippen molar-refractivity contribution in [2.45, 2.75) is 26.2 Å². The van der Waals surface area contributed by atoms with Crippen molar-refractivity contribution in [3.8, 4) is 11.3 Å². The topological polar surface area (TPSA) is 80.8 Å². The Hall–Kier alpha value is -3.71. The van der Waals surface area contributed by atoms with Crippen molar-refractivity contribution in [3.63, 3.8) is 0 Å². The molecular formula is C26H29N3O4. The molecule has 172 valence electrons. The summed E-state index contributed by atoms with van der Waals surface area (Å²) in [4.78, 5) is 39.5. The summed E-state index contributed by atoms with van der Waals surface area (Å²) in [5.41, 5.74) is 3.88. The second-order valence-electron chi connectivity index (χ2n) is 7.47.